The number of rotatable bonds is 7. The first-order valence-electron chi connectivity index (χ1n) is 6.91. The Bertz CT molecular complexity index is 795. The van der Waals surface area contributed by atoms with Gasteiger partial charge in [0, 0.05) is 12.1 Å². The lowest BCUT2D eigenvalue weighted by Crippen LogP contribution is -2.18. The predicted octanol–water partition coefficient (Wildman–Crippen LogP) is 2.02. The highest BCUT2D eigenvalue weighted by molar-refractivity contribution is 7.89. The monoisotopic (exact) mass is 350 g/mol. The van der Waals surface area contributed by atoms with E-state index in [1.807, 2.05) is 0 Å². The van der Waals surface area contributed by atoms with E-state index in [1.54, 1.807) is 30.3 Å². The smallest absolute Gasteiger partial charge is 0.276 e. The van der Waals surface area contributed by atoms with E-state index in [0.29, 0.717) is 22.8 Å². The van der Waals surface area contributed by atoms with Crippen molar-refractivity contribution in [3.8, 4) is 17.2 Å². The zero-order valence-corrected chi connectivity index (χ0v) is 14.3. The minimum atomic E-state index is -3.74. The summed E-state index contributed by atoms with van der Waals surface area (Å²) in [6.45, 7) is 0. The maximum Gasteiger partial charge on any atom is 0.276 e. The van der Waals surface area contributed by atoms with Crippen molar-refractivity contribution in [1.29, 1.82) is 0 Å². The summed E-state index contributed by atoms with van der Waals surface area (Å²) in [5, 5.41) is 3.80. The van der Waals surface area contributed by atoms with Gasteiger partial charge >= 0.3 is 0 Å². The van der Waals surface area contributed by atoms with Gasteiger partial charge in [0.05, 0.1) is 38.0 Å². The molecule has 0 amide bonds. The van der Waals surface area contributed by atoms with Crippen molar-refractivity contribution in [2.75, 3.05) is 21.3 Å². The lowest BCUT2D eigenvalue weighted by atomic mass is 10.2. The molecule has 0 aliphatic carbocycles. The van der Waals surface area contributed by atoms with E-state index in [4.69, 9.17) is 14.2 Å². The molecule has 0 radical (unpaired) electrons. The van der Waals surface area contributed by atoms with Crippen LogP contribution in [0.15, 0.2) is 52.5 Å². The Morgan fingerprint density at radius 2 is 1.54 bits per heavy atom. The molecule has 0 atom stereocenters. The normalized spacial score (nSPS) is 11.3. The van der Waals surface area contributed by atoms with Crippen molar-refractivity contribution in [1.82, 2.24) is 4.83 Å². The first-order chi connectivity index (χ1) is 11.5. The molecule has 0 aliphatic heterocycles. The van der Waals surface area contributed by atoms with Crippen molar-refractivity contribution >= 4 is 16.2 Å². The van der Waals surface area contributed by atoms with E-state index in [0.717, 1.165) is 0 Å². The van der Waals surface area contributed by atoms with Crippen molar-refractivity contribution in [3.63, 3.8) is 0 Å². The van der Waals surface area contributed by atoms with E-state index in [9.17, 15) is 8.42 Å². The van der Waals surface area contributed by atoms with Gasteiger partial charge in [-0.3, -0.25) is 0 Å². The van der Waals surface area contributed by atoms with Gasteiger partial charge in [-0.2, -0.15) is 13.5 Å². The van der Waals surface area contributed by atoms with Gasteiger partial charge in [-0.05, 0) is 12.1 Å². The van der Waals surface area contributed by atoms with Crippen LogP contribution in [0.4, 0.5) is 0 Å². The van der Waals surface area contributed by atoms with E-state index >= 15 is 0 Å². The van der Waals surface area contributed by atoms with E-state index in [-0.39, 0.29) is 4.90 Å². The lowest BCUT2D eigenvalue weighted by molar-refractivity contribution is 0.374. The van der Waals surface area contributed by atoms with Crippen LogP contribution in [0.5, 0.6) is 17.2 Å². The summed E-state index contributed by atoms with van der Waals surface area (Å²) < 4.78 is 39.9. The Morgan fingerprint density at radius 3 is 2.04 bits per heavy atom. The van der Waals surface area contributed by atoms with Crippen LogP contribution in [-0.2, 0) is 10.0 Å². The third-order valence-corrected chi connectivity index (χ3v) is 4.41. The van der Waals surface area contributed by atoms with Crippen LogP contribution in [0, 0.1) is 0 Å². The summed E-state index contributed by atoms with van der Waals surface area (Å²) in [4.78, 5) is 2.28. The van der Waals surface area contributed by atoms with Crippen LogP contribution < -0.4 is 19.0 Å². The SMILES string of the molecule is COc1cc(OC)c(C=NNS(=O)(=O)c2ccccc2)c(OC)c1. The third-order valence-electron chi connectivity index (χ3n) is 3.17. The second kappa shape index (κ2) is 7.69. The van der Waals surface area contributed by atoms with Gasteiger partial charge in [-0.15, -0.1) is 0 Å². The first kappa shape index (κ1) is 17.6. The lowest BCUT2D eigenvalue weighted by Gasteiger charge is -2.12. The van der Waals surface area contributed by atoms with Crippen molar-refractivity contribution in [2.45, 2.75) is 4.90 Å². The molecule has 0 aliphatic rings. The van der Waals surface area contributed by atoms with Gasteiger partial charge in [-0.1, -0.05) is 18.2 Å². The number of methoxy groups -OCH3 is 3. The molecule has 24 heavy (non-hydrogen) atoms. The number of hydrogen-bond acceptors (Lipinski definition) is 6. The molecule has 0 aromatic heterocycles. The minimum Gasteiger partial charge on any atom is -0.496 e. The Balaban J connectivity index is 2.29. The molecule has 0 spiro atoms. The van der Waals surface area contributed by atoms with Crippen molar-refractivity contribution in [2.24, 2.45) is 5.10 Å². The number of hydrazone groups is 1. The molecule has 2 rings (SSSR count). The minimum absolute atomic E-state index is 0.121. The maximum absolute atomic E-state index is 12.1. The Morgan fingerprint density at radius 1 is 0.958 bits per heavy atom. The summed E-state index contributed by atoms with van der Waals surface area (Å²) in [5.41, 5.74) is 0.483. The molecule has 2 aromatic carbocycles. The van der Waals surface area contributed by atoms with E-state index < -0.39 is 10.0 Å². The quantitative estimate of drug-likeness (QED) is 0.610. The Kier molecular flexibility index (Phi) is 5.64. The predicted molar refractivity (Wildman–Crippen MR) is 90.5 cm³/mol. The van der Waals surface area contributed by atoms with Crippen LogP contribution in [0.3, 0.4) is 0 Å². The molecule has 0 bridgehead atoms. The molecule has 1 N–H and O–H groups in total. The zero-order chi connectivity index (χ0) is 17.6. The number of hydrogen-bond donors (Lipinski definition) is 1. The highest BCUT2D eigenvalue weighted by Crippen LogP contribution is 2.32. The third kappa shape index (κ3) is 3.96. The molecule has 0 saturated heterocycles. The summed E-state index contributed by atoms with van der Waals surface area (Å²) in [6.07, 6.45) is 1.32. The number of sulfonamides is 1. The second-order valence-corrected chi connectivity index (χ2v) is 6.27. The van der Waals surface area contributed by atoms with Gasteiger partial charge in [-0.25, -0.2) is 4.83 Å². The number of nitrogens with one attached hydrogen (secondary N) is 1. The molecule has 0 heterocycles. The summed E-state index contributed by atoms with van der Waals surface area (Å²) in [6, 6.07) is 11.3. The van der Waals surface area contributed by atoms with E-state index in [1.165, 1.54) is 39.7 Å². The second-order valence-electron chi connectivity index (χ2n) is 4.61. The molecular weight excluding hydrogens is 332 g/mol. The van der Waals surface area contributed by atoms with Gasteiger partial charge in [0.2, 0.25) is 0 Å². The summed E-state index contributed by atoms with van der Waals surface area (Å²) >= 11 is 0. The van der Waals surface area contributed by atoms with Gasteiger partial charge < -0.3 is 14.2 Å². The first-order valence-corrected chi connectivity index (χ1v) is 8.40. The van der Waals surface area contributed by atoms with Crippen LogP contribution in [0.1, 0.15) is 5.56 Å². The van der Waals surface area contributed by atoms with Gasteiger partial charge in [0.25, 0.3) is 10.0 Å². The molecule has 0 fully saturated rings. The molecule has 2 aromatic rings. The van der Waals surface area contributed by atoms with Crippen LogP contribution in [0.25, 0.3) is 0 Å². The average molecular weight is 350 g/mol. The molecule has 8 heteroatoms. The van der Waals surface area contributed by atoms with Crippen LogP contribution in [0.2, 0.25) is 0 Å². The standard InChI is InChI=1S/C16H18N2O5S/c1-21-12-9-15(22-2)14(16(10-12)23-3)11-17-18-24(19,20)13-7-5-4-6-8-13/h4-11,18H,1-3H3. The fourth-order valence-electron chi connectivity index (χ4n) is 1.97. The number of ether oxygens (including phenoxy) is 3. The molecule has 0 saturated carbocycles. The highest BCUT2D eigenvalue weighted by atomic mass is 32.2. The number of benzene rings is 2. The fourth-order valence-corrected chi connectivity index (χ4v) is 2.78. The van der Waals surface area contributed by atoms with Gasteiger partial charge in [0.1, 0.15) is 17.2 Å². The topological polar surface area (TPSA) is 86.2 Å². The number of nitrogens with zero attached hydrogens (tertiary/aromatic N) is 1. The van der Waals surface area contributed by atoms with Crippen molar-refractivity contribution in [3.05, 3.63) is 48.0 Å². The average Bonchev–Trinajstić information content (AvgIpc) is 2.62. The molecule has 0 unspecified atom stereocenters. The maximum atomic E-state index is 12.1. The van der Waals surface area contributed by atoms with Crippen LogP contribution >= 0.6 is 0 Å². The van der Waals surface area contributed by atoms with Crippen LogP contribution in [-0.4, -0.2) is 36.0 Å². The fraction of sp³-hybridized carbons (Fsp3) is 0.188. The summed E-state index contributed by atoms with van der Waals surface area (Å²) in [7, 11) is 0.759. The Hall–Kier alpha value is -2.74. The van der Waals surface area contributed by atoms with Gasteiger partial charge in [0.15, 0.2) is 0 Å². The van der Waals surface area contributed by atoms with E-state index in [2.05, 4.69) is 9.93 Å². The zero-order valence-electron chi connectivity index (χ0n) is 13.5. The highest BCUT2D eigenvalue weighted by Gasteiger charge is 2.14. The van der Waals surface area contributed by atoms with Crippen molar-refractivity contribution < 1.29 is 22.6 Å². The Labute approximate surface area is 140 Å². The molecule has 128 valence electrons. The summed E-state index contributed by atoms with van der Waals surface area (Å²) in [5.74, 6) is 1.42. The molecule has 7 nitrogen and oxygen atoms in total. The molecular formula is C16H18N2O5S. The largest absolute Gasteiger partial charge is 0.496 e.